The molecule has 1 aliphatic heterocycles. The van der Waals surface area contributed by atoms with E-state index in [1.807, 2.05) is 6.07 Å². The van der Waals surface area contributed by atoms with Crippen LogP contribution in [-0.4, -0.2) is 49.1 Å². The van der Waals surface area contributed by atoms with E-state index < -0.39 is 6.04 Å². The summed E-state index contributed by atoms with van der Waals surface area (Å²) in [6.07, 6.45) is 3.09. The smallest absolute Gasteiger partial charge is 0.245 e. The first-order valence-corrected chi connectivity index (χ1v) is 8.24. The summed E-state index contributed by atoms with van der Waals surface area (Å²) in [7, 11) is 0. The van der Waals surface area contributed by atoms with Crippen LogP contribution in [0.15, 0.2) is 22.8 Å². The van der Waals surface area contributed by atoms with Crippen molar-refractivity contribution in [2.24, 2.45) is 5.92 Å². The van der Waals surface area contributed by atoms with Crippen LogP contribution < -0.4 is 5.32 Å². The Morgan fingerprint density at radius 3 is 2.65 bits per heavy atom. The maximum Gasteiger partial charge on any atom is 0.245 e. The van der Waals surface area contributed by atoms with E-state index in [1.165, 1.54) is 0 Å². The van der Waals surface area contributed by atoms with Crippen LogP contribution in [0.1, 0.15) is 32.4 Å². The Bertz CT molecular complexity index is 493. The zero-order valence-corrected chi connectivity index (χ0v) is 13.9. The normalized spacial score (nSPS) is 16.4. The average Bonchev–Trinajstić information content (AvgIpc) is 3.05. The second-order valence-corrected chi connectivity index (χ2v) is 6.27. The van der Waals surface area contributed by atoms with E-state index in [4.69, 9.17) is 9.15 Å². The Hall–Kier alpha value is -1.82. The molecule has 1 aromatic rings. The first-order valence-electron chi connectivity index (χ1n) is 8.24. The minimum absolute atomic E-state index is 0.00616. The molecule has 23 heavy (non-hydrogen) atoms. The van der Waals surface area contributed by atoms with E-state index in [0.717, 1.165) is 5.76 Å². The zero-order chi connectivity index (χ0) is 16.7. The van der Waals surface area contributed by atoms with Gasteiger partial charge in [0, 0.05) is 25.9 Å². The lowest BCUT2D eigenvalue weighted by Gasteiger charge is -2.31. The van der Waals surface area contributed by atoms with Crippen molar-refractivity contribution in [3.05, 3.63) is 24.2 Å². The molecule has 2 amide bonds. The number of hydrogen-bond donors (Lipinski definition) is 1. The molecule has 1 N–H and O–H groups in total. The molecular weight excluding hydrogens is 296 g/mol. The van der Waals surface area contributed by atoms with Gasteiger partial charge in [0.25, 0.3) is 0 Å². The monoisotopic (exact) mass is 322 g/mol. The maximum absolute atomic E-state index is 12.6. The van der Waals surface area contributed by atoms with E-state index in [0.29, 0.717) is 51.5 Å². The van der Waals surface area contributed by atoms with Crippen LogP contribution in [-0.2, 0) is 20.7 Å². The van der Waals surface area contributed by atoms with Gasteiger partial charge in [-0.1, -0.05) is 13.8 Å². The number of aryl methyl sites for hydroxylation is 1. The number of morpholine rings is 1. The lowest BCUT2D eigenvalue weighted by molar-refractivity contribution is -0.140. The highest BCUT2D eigenvalue weighted by Crippen LogP contribution is 2.11. The molecule has 128 valence electrons. The molecule has 1 fully saturated rings. The third kappa shape index (κ3) is 5.71. The third-order valence-electron chi connectivity index (χ3n) is 3.84. The Labute approximate surface area is 137 Å². The summed E-state index contributed by atoms with van der Waals surface area (Å²) in [5, 5.41) is 2.90. The molecule has 0 radical (unpaired) electrons. The highest BCUT2D eigenvalue weighted by Gasteiger charge is 2.27. The number of amides is 2. The van der Waals surface area contributed by atoms with Crippen molar-refractivity contribution in [3.8, 4) is 0 Å². The number of furan rings is 1. The summed E-state index contributed by atoms with van der Waals surface area (Å²) in [4.78, 5) is 26.6. The van der Waals surface area contributed by atoms with Gasteiger partial charge in [0.1, 0.15) is 11.8 Å². The number of hydrogen-bond acceptors (Lipinski definition) is 4. The Morgan fingerprint density at radius 2 is 2.04 bits per heavy atom. The number of nitrogens with zero attached hydrogens (tertiary/aromatic N) is 1. The molecule has 0 aliphatic carbocycles. The van der Waals surface area contributed by atoms with E-state index in [9.17, 15) is 9.59 Å². The van der Waals surface area contributed by atoms with Gasteiger partial charge in [-0.3, -0.25) is 9.59 Å². The topological polar surface area (TPSA) is 71.8 Å². The van der Waals surface area contributed by atoms with Gasteiger partial charge in [-0.2, -0.15) is 0 Å². The molecule has 1 aliphatic rings. The molecule has 6 heteroatoms. The van der Waals surface area contributed by atoms with Gasteiger partial charge in [-0.15, -0.1) is 0 Å². The summed E-state index contributed by atoms with van der Waals surface area (Å²) < 4.78 is 10.5. The molecule has 0 bridgehead atoms. The fourth-order valence-corrected chi connectivity index (χ4v) is 2.66. The fourth-order valence-electron chi connectivity index (χ4n) is 2.66. The van der Waals surface area contributed by atoms with Crippen LogP contribution in [0, 0.1) is 5.92 Å². The highest BCUT2D eigenvalue weighted by molar-refractivity contribution is 5.87. The Morgan fingerprint density at radius 1 is 1.30 bits per heavy atom. The number of carbonyl (C=O) groups is 2. The molecule has 1 saturated heterocycles. The van der Waals surface area contributed by atoms with E-state index >= 15 is 0 Å². The van der Waals surface area contributed by atoms with Gasteiger partial charge in [0.15, 0.2) is 0 Å². The standard InChI is InChI=1S/C17H26N2O4/c1-13(2)12-15(17(21)19-7-10-22-11-8-19)18-16(20)6-5-14-4-3-9-23-14/h3-4,9,13,15H,5-8,10-12H2,1-2H3,(H,18,20)/t15-/m0/s1. The van der Waals surface area contributed by atoms with Crippen LogP contribution in [0.5, 0.6) is 0 Å². The Balaban J connectivity index is 1.88. The molecular formula is C17H26N2O4. The molecule has 0 spiro atoms. The molecule has 1 aromatic heterocycles. The minimum atomic E-state index is -0.461. The van der Waals surface area contributed by atoms with E-state index in [2.05, 4.69) is 19.2 Å². The quantitative estimate of drug-likeness (QED) is 0.828. The lowest BCUT2D eigenvalue weighted by atomic mass is 10.0. The van der Waals surface area contributed by atoms with E-state index in [1.54, 1.807) is 17.2 Å². The van der Waals surface area contributed by atoms with Crippen molar-refractivity contribution in [3.63, 3.8) is 0 Å². The molecule has 0 saturated carbocycles. The van der Waals surface area contributed by atoms with Crippen LogP contribution in [0.3, 0.4) is 0 Å². The van der Waals surface area contributed by atoms with Crippen molar-refractivity contribution in [1.82, 2.24) is 10.2 Å². The van der Waals surface area contributed by atoms with Crippen LogP contribution in [0.4, 0.5) is 0 Å². The number of carbonyl (C=O) groups excluding carboxylic acids is 2. The molecule has 0 unspecified atom stereocenters. The number of nitrogens with one attached hydrogen (secondary N) is 1. The van der Waals surface area contributed by atoms with Crippen molar-refractivity contribution < 1.29 is 18.7 Å². The van der Waals surface area contributed by atoms with Crippen LogP contribution >= 0.6 is 0 Å². The third-order valence-corrected chi connectivity index (χ3v) is 3.84. The van der Waals surface area contributed by atoms with Crippen molar-refractivity contribution in [2.75, 3.05) is 26.3 Å². The van der Waals surface area contributed by atoms with Gasteiger partial charge in [-0.05, 0) is 24.5 Å². The predicted octanol–water partition coefficient (Wildman–Crippen LogP) is 1.60. The largest absolute Gasteiger partial charge is 0.469 e. The first kappa shape index (κ1) is 17.5. The average molecular weight is 322 g/mol. The fraction of sp³-hybridized carbons (Fsp3) is 0.647. The van der Waals surface area contributed by atoms with Gasteiger partial charge in [-0.25, -0.2) is 0 Å². The lowest BCUT2D eigenvalue weighted by Crippen LogP contribution is -2.52. The van der Waals surface area contributed by atoms with Gasteiger partial charge in [0.05, 0.1) is 19.5 Å². The molecule has 2 rings (SSSR count). The predicted molar refractivity (Wildman–Crippen MR) is 85.8 cm³/mol. The maximum atomic E-state index is 12.6. The van der Waals surface area contributed by atoms with Crippen molar-refractivity contribution >= 4 is 11.8 Å². The summed E-state index contributed by atoms with van der Waals surface area (Å²) in [6.45, 7) is 6.41. The first-order chi connectivity index (χ1) is 11.1. The van der Waals surface area contributed by atoms with E-state index in [-0.39, 0.29) is 11.8 Å². The highest BCUT2D eigenvalue weighted by atomic mass is 16.5. The zero-order valence-electron chi connectivity index (χ0n) is 13.9. The van der Waals surface area contributed by atoms with Crippen LogP contribution in [0.2, 0.25) is 0 Å². The molecule has 0 aromatic carbocycles. The van der Waals surface area contributed by atoms with Crippen molar-refractivity contribution in [2.45, 2.75) is 39.2 Å². The van der Waals surface area contributed by atoms with Crippen LogP contribution in [0.25, 0.3) is 0 Å². The van der Waals surface area contributed by atoms with Gasteiger partial charge < -0.3 is 19.4 Å². The molecule has 6 nitrogen and oxygen atoms in total. The minimum Gasteiger partial charge on any atom is -0.469 e. The number of rotatable bonds is 7. The second-order valence-electron chi connectivity index (χ2n) is 6.27. The van der Waals surface area contributed by atoms with Gasteiger partial charge in [0.2, 0.25) is 11.8 Å². The van der Waals surface area contributed by atoms with Gasteiger partial charge >= 0.3 is 0 Å². The molecule has 1 atom stereocenters. The second kappa shape index (κ2) is 8.72. The SMILES string of the molecule is CC(C)C[C@H](NC(=O)CCc1ccco1)C(=O)N1CCOCC1. The summed E-state index contributed by atoms with van der Waals surface area (Å²) in [6, 6.07) is 3.19. The van der Waals surface area contributed by atoms with Crippen molar-refractivity contribution in [1.29, 1.82) is 0 Å². The number of ether oxygens (including phenoxy) is 1. The summed E-state index contributed by atoms with van der Waals surface area (Å²) in [5.41, 5.74) is 0. The Kier molecular flexibility index (Phi) is 6.65. The summed E-state index contributed by atoms with van der Waals surface area (Å²) in [5.74, 6) is 0.984. The molecule has 2 heterocycles. The summed E-state index contributed by atoms with van der Waals surface area (Å²) >= 11 is 0.